The lowest BCUT2D eigenvalue weighted by molar-refractivity contribution is 0.240. The van der Waals surface area contributed by atoms with Crippen LogP contribution in [0.25, 0.3) is 0 Å². The molecule has 0 heterocycles. The van der Waals surface area contributed by atoms with Gasteiger partial charge in [0.05, 0.1) is 11.9 Å². The molecule has 0 bridgehead atoms. The van der Waals surface area contributed by atoms with Crippen LogP contribution in [0.3, 0.4) is 0 Å². The summed E-state index contributed by atoms with van der Waals surface area (Å²) in [5, 5.41) is 19.5. The van der Waals surface area contributed by atoms with Crippen LogP contribution >= 0.6 is 0 Å². The molecule has 0 unspecified atom stereocenters. The highest BCUT2D eigenvalue weighted by atomic mass is 16.5. The monoisotopic (exact) mass is 179 g/mol. The molecule has 0 aliphatic carbocycles. The molecule has 0 aliphatic heterocycles. The van der Waals surface area contributed by atoms with E-state index < -0.39 is 0 Å². The van der Waals surface area contributed by atoms with Gasteiger partial charge in [-0.15, -0.1) is 0 Å². The highest BCUT2D eigenvalue weighted by Gasteiger charge is 1.94. The number of hydrogen-bond acceptors (Lipinski definition) is 4. The molecule has 1 aromatic rings. The highest BCUT2D eigenvalue weighted by molar-refractivity contribution is 5.87. The number of oxime groups is 1. The molecule has 1 aromatic carbocycles. The van der Waals surface area contributed by atoms with Crippen molar-refractivity contribution in [3.05, 3.63) is 29.8 Å². The Morgan fingerprint density at radius 1 is 1.31 bits per heavy atom. The SMILES string of the molecule is O/N=C/c1ccccc1N=CNO. The average molecular weight is 179 g/mol. The molecule has 0 atom stereocenters. The molecule has 0 fully saturated rings. The first kappa shape index (κ1) is 9.21. The van der Waals surface area contributed by atoms with Gasteiger partial charge in [0.25, 0.3) is 0 Å². The van der Waals surface area contributed by atoms with E-state index in [-0.39, 0.29) is 0 Å². The molecule has 5 heteroatoms. The van der Waals surface area contributed by atoms with Gasteiger partial charge in [0.2, 0.25) is 0 Å². The molecule has 1 rings (SSSR count). The minimum absolute atomic E-state index is 0.599. The molecule has 0 aliphatic rings. The Kier molecular flexibility index (Phi) is 3.46. The van der Waals surface area contributed by atoms with Gasteiger partial charge in [-0.2, -0.15) is 0 Å². The Balaban J connectivity index is 2.97. The minimum Gasteiger partial charge on any atom is -0.411 e. The summed E-state index contributed by atoms with van der Waals surface area (Å²) in [7, 11) is 0. The van der Waals surface area contributed by atoms with Gasteiger partial charge in [0.1, 0.15) is 6.34 Å². The predicted octanol–water partition coefficient (Wildman–Crippen LogP) is 1.13. The van der Waals surface area contributed by atoms with E-state index in [4.69, 9.17) is 10.4 Å². The zero-order chi connectivity index (χ0) is 9.52. The van der Waals surface area contributed by atoms with Crippen LogP contribution in [-0.2, 0) is 0 Å². The lowest BCUT2D eigenvalue weighted by atomic mass is 10.2. The summed E-state index contributed by atoms with van der Waals surface area (Å²) in [6, 6.07) is 7.05. The predicted molar refractivity (Wildman–Crippen MR) is 48.9 cm³/mol. The summed E-state index contributed by atoms with van der Waals surface area (Å²) in [6.07, 6.45) is 2.40. The number of hydroxylamine groups is 1. The second kappa shape index (κ2) is 4.89. The van der Waals surface area contributed by atoms with Crippen LogP contribution < -0.4 is 5.48 Å². The molecule has 13 heavy (non-hydrogen) atoms. The number of nitrogens with one attached hydrogen (secondary N) is 1. The third-order valence-corrected chi connectivity index (χ3v) is 1.39. The van der Waals surface area contributed by atoms with Crippen molar-refractivity contribution in [2.45, 2.75) is 0 Å². The number of rotatable bonds is 3. The summed E-state index contributed by atoms with van der Waals surface area (Å²) < 4.78 is 0. The van der Waals surface area contributed by atoms with Gasteiger partial charge in [-0.3, -0.25) is 10.7 Å². The molecule has 3 N–H and O–H groups in total. The van der Waals surface area contributed by atoms with Crippen molar-refractivity contribution < 1.29 is 10.4 Å². The summed E-state index contributed by atoms with van der Waals surface area (Å²) >= 11 is 0. The number of hydrogen-bond donors (Lipinski definition) is 3. The van der Waals surface area contributed by atoms with E-state index in [0.717, 1.165) is 6.34 Å². The Bertz CT molecular complexity index is 323. The van der Waals surface area contributed by atoms with E-state index in [9.17, 15) is 0 Å². The van der Waals surface area contributed by atoms with Crippen molar-refractivity contribution in [1.29, 1.82) is 0 Å². The summed E-state index contributed by atoms with van der Waals surface area (Å²) in [4.78, 5) is 3.85. The Morgan fingerprint density at radius 3 is 2.77 bits per heavy atom. The van der Waals surface area contributed by atoms with Gasteiger partial charge in [0.15, 0.2) is 0 Å². The molecule has 68 valence electrons. The fourth-order valence-electron chi connectivity index (χ4n) is 0.875. The van der Waals surface area contributed by atoms with Crippen LogP contribution in [-0.4, -0.2) is 23.0 Å². The average Bonchev–Trinajstić information content (AvgIpc) is 2.17. The topological polar surface area (TPSA) is 77.2 Å². The molecule has 0 aromatic heterocycles. The third-order valence-electron chi connectivity index (χ3n) is 1.39. The van der Waals surface area contributed by atoms with Crippen molar-refractivity contribution in [1.82, 2.24) is 5.48 Å². The van der Waals surface area contributed by atoms with E-state index in [1.165, 1.54) is 6.21 Å². The third kappa shape index (κ3) is 2.57. The van der Waals surface area contributed by atoms with E-state index in [1.807, 2.05) is 0 Å². The van der Waals surface area contributed by atoms with Crippen molar-refractivity contribution in [3.63, 3.8) is 0 Å². The van der Waals surface area contributed by atoms with Gasteiger partial charge in [-0.1, -0.05) is 23.4 Å². The van der Waals surface area contributed by atoms with Crippen molar-refractivity contribution >= 4 is 18.2 Å². The molecule has 5 nitrogen and oxygen atoms in total. The van der Waals surface area contributed by atoms with Crippen molar-refractivity contribution in [3.8, 4) is 0 Å². The van der Waals surface area contributed by atoms with Gasteiger partial charge in [0, 0.05) is 5.56 Å². The summed E-state index contributed by atoms with van der Waals surface area (Å²) in [6.45, 7) is 0. The fraction of sp³-hybridized carbons (Fsp3) is 0. The van der Waals surface area contributed by atoms with Crippen LogP contribution in [0.2, 0.25) is 0 Å². The second-order valence-corrected chi connectivity index (χ2v) is 2.19. The van der Waals surface area contributed by atoms with E-state index >= 15 is 0 Å². The van der Waals surface area contributed by atoms with E-state index in [0.29, 0.717) is 11.3 Å². The molecular formula is C8H9N3O2. The van der Waals surface area contributed by atoms with E-state index in [2.05, 4.69) is 10.1 Å². The second-order valence-electron chi connectivity index (χ2n) is 2.19. The molecular weight excluding hydrogens is 170 g/mol. The number of aliphatic imine (C=N–C) groups is 1. The molecule has 0 saturated heterocycles. The quantitative estimate of drug-likeness (QED) is 0.282. The normalized spacial score (nSPS) is 11.2. The number of nitrogens with zero attached hydrogens (tertiary/aromatic N) is 2. The zero-order valence-electron chi connectivity index (χ0n) is 6.75. The first-order valence-corrected chi connectivity index (χ1v) is 3.57. The van der Waals surface area contributed by atoms with Gasteiger partial charge >= 0.3 is 0 Å². The minimum atomic E-state index is 0.599. The zero-order valence-corrected chi connectivity index (χ0v) is 6.75. The number of benzene rings is 1. The maximum Gasteiger partial charge on any atom is 0.113 e. The molecule has 0 spiro atoms. The Morgan fingerprint density at radius 2 is 2.08 bits per heavy atom. The van der Waals surface area contributed by atoms with Gasteiger partial charge < -0.3 is 5.21 Å². The molecule has 0 saturated carbocycles. The lowest BCUT2D eigenvalue weighted by Gasteiger charge is -1.97. The van der Waals surface area contributed by atoms with E-state index in [1.54, 1.807) is 29.7 Å². The van der Waals surface area contributed by atoms with Gasteiger partial charge in [-0.05, 0) is 6.07 Å². The van der Waals surface area contributed by atoms with Crippen molar-refractivity contribution in [2.75, 3.05) is 0 Å². The van der Waals surface area contributed by atoms with Crippen LogP contribution in [0.15, 0.2) is 34.4 Å². The Labute approximate surface area is 75.0 Å². The lowest BCUT2D eigenvalue weighted by Crippen LogP contribution is -2.01. The maximum atomic E-state index is 8.32. The van der Waals surface area contributed by atoms with Crippen molar-refractivity contribution in [2.24, 2.45) is 10.1 Å². The first-order chi connectivity index (χ1) is 6.38. The highest BCUT2D eigenvalue weighted by Crippen LogP contribution is 2.15. The smallest absolute Gasteiger partial charge is 0.113 e. The Hall–Kier alpha value is -1.88. The fourth-order valence-corrected chi connectivity index (χ4v) is 0.875. The van der Waals surface area contributed by atoms with Gasteiger partial charge in [-0.25, -0.2) is 4.99 Å². The number of para-hydroxylation sites is 1. The molecule has 0 amide bonds. The largest absolute Gasteiger partial charge is 0.411 e. The summed E-state index contributed by atoms with van der Waals surface area (Å²) in [5.41, 5.74) is 3.05. The standard InChI is InChI=1S/C8H9N3O2/c12-10-5-7-3-1-2-4-8(7)9-6-11-13/h1-6,12-13H,(H,9,11)/b10-5+. The van der Waals surface area contributed by atoms with Crippen LogP contribution in [0, 0.1) is 0 Å². The summed E-state index contributed by atoms with van der Waals surface area (Å²) in [5.74, 6) is 0. The first-order valence-electron chi connectivity index (χ1n) is 3.57. The van der Waals surface area contributed by atoms with Crippen LogP contribution in [0.5, 0.6) is 0 Å². The van der Waals surface area contributed by atoms with Crippen LogP contribution in [0.4, 0.5) is 5.69 Å². The maximum absolute atomic E-state index is 8.32. The molecule has 0 radical (unpaired) electrons. The van der Waals surface area contributed by atoms with Crippen LogP contribution in [0.1, 0.15) is 5.56 Å².